The summed E-state index contributed by atoms with van der Waals surface area (Å²) in [6.07, 6.45) is -3.98. The first-order valence-electron chi connectivity index (χ1n) is 7.81. The minimum atomic E-state index is -4.39. The van der Waals surface area contributed by atoms with Crippen molar-refractivity contribution in [3.63, 3.8) is 0 Å². The smallest absolute Gasteiger partial charge is 0.393 e. The molecule has 5 atom stereocenters. The average molecular weight is 342 g/mol. The molecule has 6 heteroatoms. The lowest BCUT2D eigenvalue weighted by atomic mass is 9.83. The Hall–Kier alpha value is -1.01. The summed E-state index contributed by atoms with van der Waals surface area (Å²) < 4.78 is 38.9. The number of aliphatic hydroxyl groups is 1. The van der Waals surface area contributed by atoms with Crippen molar-refractivity contribution in [2.24, 2.45) is 11.3 Å². The Kier molecular flexibility index (Phi) is 3.06. The van der Waals surface area contributed by atoms with E-state index in [0.29, 0.717) is 18.4 Å². The van der Waals surface area contributed by atoms with Gasteiger partial charge in [-0.25, -0.2) is 0 Å². The summed E-state index contributed by atoms with van der Waals surface area (Å²) in [6, 6.07) is 5.28. The molecule has 1 aromatic rings. The minimum Gasteiger partial charge on any atom is -0.393 e. The quantitative estimate of drug-likeness (QED) is 0.915. The van der Waals surface area contributed by atoms with Gasteiger partial charge in [0.1, 0.15) is 0 Å². The zero-order valence-electron chi connectivity index (χ0n) is 12.6. The number of hydrogen-bond acceptors (Lipinski definition) is 3. The number of aliphatic hydroxyl groups excluding tert-OH is 1. The van der Waals surface area contributed by atoms with Gasteiger partial charge in [-0.05, 0) is 30.2 Å². The molecule has 0 bridgehead atoms. The van der Waals surface area contributed by atoms with E-state index in [4.69, 9.17) is 0 Å². The predicted molar refractivity (Wildman–Crippen MR) is 81.2 cm³/mol. The number of carbonyl (C=O) groups is 1. The van der Waals surface area contributed by atoms with Crippen LogP contribution < -0.4 is 0 Å². The monoisotopic (exact) mass is 342 g/mol. The summed E-state index contributed by atoms with van der Waals surface area (Å²) in [4.78, 5) is 12.8. The Morgan fingerprint density at radius 1 is 1.35 bits per heavy atom. The number of halogens is 3. The Balaban J connectivity index is 1.70. The van der Waals surface area contributed by atoms with Crippen LogP contribution in [0.15, 0.2) is 24.3 Å². The number of hydrogen-bond donors (Lipinski definition) is 1. The third kappa shape index (κ3) is 1.79. The van der Waals surface area contributed by atoms with E-state index in [-0.39, 0.29) is 17.0 Å². The zero-order valence-corrected chi connectivity index (χ0v) is 13.4. The van der Waals surface area contributed by atoms with Crippen LogP contribution in [0.3, 0.4) is 0 Å². The second-order valence-electron chi connectivity index (χ2n) is 6.79. The summed E-state index contributed by atoms with van der Waals surface area (Å²) in [7, 11) is 0. The van der Waals surface area contributed by atoms with Gasteiger partial charge in [0, 0.05) is 16.7 Å². The van der Waals surface area contributed by atoms with E-state index in [2.05, 4.69) is 0 Å². The molecule has 124 valence electrons. The highest BCUT2D eigenvalue weighted by molar-refractivity contribution is 8.00. The summed E-state index contributed by atoms with van der Waals surface area (Å²) in [6.45, 7) is 1.97. The number of carbonyl (C=O) groups excluding carboxylic acids is 1. The van der Waals surface area contributed by atoms with Crippen LogP contribution >= 0.6 is 11.8 Å². The molecule has 1 aromatic carbocycles. The highest BCUT2D eigenvalue weighted by Crippen LogP contribution is 2.92. The third-order valence-corrected chi connectivity index (χ3v) is 6.99. The van der Waals surface area contributed by atoms with Gasteiger partial charge in [0.05, 0.1) is 16.9 Å². The van der Waals surface area contributed by atoms with Gasteiger partial charge in [-0.3, -0.25) is 4.79 Å². The molecule has 5 unspecified atom stereocenters. The van der Waals surface area contributed by atoms with Crippen molar-refractivity contribution in [3.05, 3.63) is 35.4 Å². The lowest BCUT2D eigenvalue weighted by molar-refractivity contribution is -0.137. The van der Waals surface area contributed by atoms with E-state index in [1.807, 2.05) is 6.92 Å². The number of thioether (sulfide) groups is 1. The molecule has 2 nitrogen and oxygen atoms in total. The van der Waals surface area contributed by atoms with Crippen molar-refractivity contribution < 1.29 is 23.1 Å². The Bertz CT molecular complexity index is 689. The molecule has 3 aliphatic rings. The molecule has 4 rings (SSSR count). The van der Waals surface area contributed by atoms with E-state index >= 15 is 0 Å². The Morgan fingerprint density at radius 3 is 2.74 bits per heavy atom. The standard InChI is InChI=1S/C17H17F3O2S/c1-2-23-12-7-11(21)13-15(8-16(13,15)14(12)22)9-4-3-5-10(6-9)17(18,19)20/h3-6,11-13,21H,2,7-8H2,1H3. The number of Topliss-reactive ketones (excluding diaryl/α,β-unsaturated/α-hetero) is 1. The molecule has 0 radical (unpaired) electrons. The molecule has 3 saturated carbocycles. The van der Waals surface area contributed by atoms with E-state index < -0.39 is 28.7 Å². The lowest BCUT2D eigenvalue weighted by Crippen LogP contribution is -2.38. The van der Waals surface area contributed by atoms with Gasteiger partial charge >= 0.3 is 6.18 Å². The average Bonchev–Trinajstić information content (AvgIpc) is 3.31. The summed E-state index contributed by atoms with van der Waals surface area (Å²) >= 11 is 1.53. The molecule has 1 N–H and O–H groups in total. The molecule has 1 spiro atoms. The first-order chi connectivity index (χ1) is 10.8. The molecule has 0 aliphatic heterocycles. The Labute approximate surface area is 136 Å². The second kappa shape index (κ2) is 4.54. The van der Waals surface area contributed by atoms with Gasteiger partial charge in [-0.15, -0.1) is 0 Å². The number of alkyl halides is 3. The van der Waals surface area contributed by atoms with E-state index in [0.717, 1.165) is 17.9 Å². The maximum atomic E-state index is 13.0. The normalized spacial score (nSPS) is 41.3. The molecule has 23 heavy (non-hydrogen) atoms. The number of fused-ring (bicyclic) bond motifs is 1. The van der Waals surface area contributed by atoms with Crippen LogP contribution in [-0.2, 0) is 16.4 Å². The fraction of sp³-hybridized carbons (Fsp3) is 0.588. The number of ketones is 1. The van der Waals surface area contributed by atoms with Gasteiger partial charge in [-0.1, -0.05) is 25.1 Å². The third-order valence-electron chi connectivity index (χ3n) is 5.85. The van der Waals surface area contributed by atoms with Crippen LogP contribution in [-0.4, -0.2) is 28.0 Å². The van der Waals surface area contributed by atoms with Crippen molar-refractivity contribution in [1.29, 1.82) is 0 Å². The van der Waals surface area contributed by atoms with Crippen molar-refractivity contribution in [1.82, 2.24) is 0 Å². The highest BCUT2D eigenvalue weighted by atomic mass is 32.2. The molecule has 0 aromatic heterocycles. The molecule has 3 fully saturated rings. The molecular weight excluding hydrogens is 325 g/mol. The number of rotatable bonds is 3. The lowest BCUT2D eigenvalue weighted by Gasteiger charge is -2.29. The first kappa shape index (κ1) is 15.5. The van der Waals surface area contributed by atoms with Crippen LogP contribution in [0.4, 0.5) is 13.2 Å². The van der Waals surface area contributed by atoms with Crippen LogP contribution in [0.5, 0.6) is 0 Å². The molecule has 3 aliphatic carbocycles. The van der Waals surface area contributed by atoms with Crippen molar-refractivity contribution in [2.75, 3.05) is 5.75 Å². The first-order valence-corrected chi connectivity index (χ1v) is 8.85. The van der Waals surface area contributed by atoms with Crippen LogP contribution in [0.25, 0.3) is 0 Å². The minimum absolute atomic E-state index is 0.136. The fourth-order valence-corrected chi connectivity index (χ4v) is 5.94. The maximum absolute atomic E-state index is 13.0. The predicted octanol–water partition coefficient (Wildman–Crippen LogP) is 3.42. The second-order valence-corrected chi connectivity index (χ2v) is 8.27. The topological polar surface area (TPSA) is 37.3 Å². The number of benzene rings is 1. The largest absolute Gasteiger partial charge is 0.416 e. The van der Waals surface area contributed by atoms with Crippen LogP contribution in [0.2, 0.25) is 0 Å². The fourth-order valence-electron chi connectivity index (χ4n) is 4.84. The van der Waals surface area contributed by atoms with Crippen molar-refractivity contribution in [3.8, 4) is 0 Å². The summed E-state index contributed by atoms with van der Waals surface area (Å²) in [5.41, 5.74) is -1.27. The highest BCUT2D eigenvalue weighted by Gasteiger charge is 2.96. The van der Waals surface area contributed by atoms with Gasteiger partial charge < -0.3 is 5.11 Å². The van der Waals surface area contributed by atoms with Crippen LogP contribution in [0, 0.1) is 11.3 Å². The van der Waals surface area contributed by atoms with Gasteiger partial charge in [0.25, 0.3) is 0 Å². The van der Waals surface area contributed by atoms with E-state index in [1.54, 1.807) is 6.07 Å². The van der Waals surface area contributed by atoms with Gasteiger partial charge in [-0.2, -0.15) is 24.9 Å². The molecule has 0 saturated heterocycles. The van der Waals surface area contributed by atoms with E-state index in [9.17, 15) is 23.1 Å². The SMILES string of the molecule is CCSC1CC(O)C2C3(CC23c2cccc(C(F)(F)F)c2)C1=O. The van der Waals surface area contributed by atoms with Gasteiger partial charge in [0.15, 0.2) is 5.78 Å². The molecule has 0 heterocycles. The Morgan fingerprint density at radius 2 is 2.09 bits per heavy atom. The zero-order chi connectivity index (χ0) is 16.6. The maximum Gasteiger partial charge on any atom is 0.416 e. The van der Waals surface area contributed by atoms with Crippen molar-refractivity contribution in [2.45, 2.75) is 42.7 Å². The summed E-state index contributed by atoms with van der Waals surface area (Å²) in [5.74, 6) is 0.734. The van der Waals surface area contributed by atoms with Gasteiger partial charge in [0.2, 0.25) is 0 Å². The van der Waals surface area contributed by atoms with Crippen molar-refractivity contribution >= 4 is 17.5 Å². The molecular formula is C17H17F3O2S. The molecule has 0 amide bonds. The summed E-state index contributed by atoms with van der Waals surface area (Å²) in [5, 5.41) is 10.2. The van der Waals surface area contributed by atoms with E-state index in [1.165, 1.54) is 17.8 Å². The van der Waals surface area contributed by atoms with Crippen LogP contribution in [0.1, 0.15) is 30.9 Å².